The maximum absolute atomic E-state index is 12.7. The van der Waals surface area contributed by atoms with Crippen LogP contribution < -0.4 is 10.5 Å². The Kier molecular flexibility index (Phi) is 5.61. The average Bonchev–Trinajstić information content (AvgIpc) is 2.62. The molecule has 0 aliphatic carbocycles. The van der Waals surface area contributed by atoms with E-state index in [-0.39, 0.29) is 11.9 Å². The molecule has 1 fully saturated rings. The molecule has 0 saturated carbocycles. The second-order valence-electron chi connectivity index (χ2n) is 6.60. The highest BCUT2D eigenvalue weighted by molar-refractivity contribution is 6.30. The summed E-state index contributed by atoms with van der Waals surface area (Å²) in [4.78, 5) is 14.6. The first-order valence-electron chi connectivity index (χ1n) is 8.61. The summed E-state index contributed by atoms with van der Waals surface area (Å²) < 4.78 is 5.76. The summed E-state index contributed by atoms with van der Waals surface area (Å²) in [7, 11) is 0. The van der Waals surface area contributed by atoms with Crippen molar-refractivity contribution in [1.29, 1.82) is 0 Å². The fourth-order valence-corrected chi connectivity index (χ4v) is 3.32. The average molecular weight is 359 g/mol. The number of halogens is 1. The lowest BCUT2D eigenvalue weighted by Gasteiger charge is -2.34. The van der Waals surface area contributed by atoms with E-state index in [4.69, 9.17) is 22.1 Å². The predicted molar refractivity (Wildman–Crippen MR) is 100 cm³/mol. The van der Waals surface area contributed by atoms with Crippen LogP contribution >= 0.6 is 11.6 Å². The molecule has 0 spiro atoms. The number of amides is 1. The Morgan fingerprint density at radius 3 is 2.68 bits per heavy atom. The second-order valence-corrected chi connectivity index (χ2v) is 7.03. The monoisotopic (exact) mass is 358 g/mol. The molecule has 1 heterocycles. The molecule has 0 bridgehead atoms. The third-order valence-corrected chi connectivity index (χ3v) is 4.86. The zero-order valence-electron chi connectivity index (χ0n) is 14.3. The lowest BCUT2D eigenvalue weighted by Crippen LogP contribution is -2.45. The van der Waals surface area contributed by atoms with Crippen molar-refractivity contribution >= 4 is 17.5 Å². The summed E-state index contributed by atoms with van der Waals surface area (Å²) in [5.74, 6) is 1.77. The van der Waals surface area contributed by atoms with Crippen LogP contribution in [0.5, 0.6) is 11.5 Å². The zero-order chi connectivity index (χ0) is 17.8. The van der Waals surface area contributed by atoms with Gasteiger partial charge in [-0.25, -0.2) is 0 Å². The van der Waals surface area contributed by atoms with E-state index in [1.54, 1.807) is 36.4 Å². The number of benzene rings is 2. The summed E-state index contributed by atoms with van der Waals surface area (Å²) in [6.07, 6.45) is 2.10. The number of rotatable bonds is 4. The van der Waals surface area contributed by atoms with Crippen molar-refractivity contribution in [3.8, 4) is 11.5 Å². The Morgan fingerprint density at radius 1 is 1.24 bits per heavy atom. The van der Waals surface area contributed by atoms with Crippen molar-refractivity contribution in [3.05, 3.63) is 59.1 Å². The number of piperidine rings is 1. The highest BCUT2D eigenvalue weighted by Gasteiger charge is 2.26. The highest BCUT2D eigenvalue weighted by atomic mass is 35.5. The molecule has 25 heavy (non-hydrogen) atoms. The molecule has 0 radical (unpaired) electrons. The summed E-state index contributed by atoms with van der Waals surface area (Å²) >= 11 is 5.96. The minimum absolute atomic E-state index is 0.0552. The van der Waals surface area contributed by atoms with Crippen LogP contribution in [0.4, 0.5) is 0 Å². The number of hydrogen-bond acceptors (Lipinski definition) is 3. The van der Waals surface area contributed by atoms with Gasteiger partial charge in [0.25, 0.3) is 5.91 Å². The van der Waals surface area contributed by atoms with E-state index in [9.17, 15) is 4.79 Å². The summed E-state index contributed by atoms with van der Waals surface area (Å²) in [5.41, 5.74) is 6.68. The Bertz CT molecular complexity index is 731. The van der Waals surface area contributed by atoms with Gasteiger partial charge in [-0.3, -0.25) is 4.79 Å². The van der Waals surface area contributed by atoms with Gasteiger partial charge in [-0.1, -0.05) is 17.7 Å². The minimum atomic E-state index is 0.0552. The summed E-state index contributed by atoms with van der Waals surface area (Å²) in [6, 6.07) is 14.6. The van der Waals surface area contributed by atoms with E-state index < -0.39 is 0 Å². The molecule has 0 aromatic heterocycles. The minimum Gasteiger partial charge on any atom is -0.457 e. The normalized spacial score (nSPS) is 18.7. The number of carbonyl (C=O) groups is 1. The molecule has 4 nitrogen and oxygen atoms in total. The van der Waals surface area contributed by atoms with Crippen molar-refractivity contribution in [3.63, 3.8) is 0 Å². The largest absolute Gasteiger partial charge is 0.457 e. The first-order valence-corrected chi connectivity index (χ1v) is 8.99. The molecule has 3 rings (SSSR count). The Hall–Kier alpha value is -2.04. The summed E-state index contributed by atoms with van der Waals surface area (Å²) in [6.45, 7) is 3.54. The van der Waals surface area contributed by atoms with E-state index >= 15 is 0 Å². The molecule has 2 atom stereocenters. The van der Waals surface area contributed by atoms with Gasteiger partial charge >= 0.3 is 0 Å². The van der Waals surface area contributed by atoms with E-state index in [2.05, 4.69) is 0 Å². The fourth-order valence-electron chi connectivity index (χ4n) is 3.14. The van der Waals surface area contributed by atoms with Crippen LogP contribution in [0.3, 0.4) is 0 Å². The second kappa shape index (κ2) is 7.89. The Morgan fingerprint density at radius 2 is 2.00 bits per heavy atom. The van der Waals surface area contributed by atoms with Crippen molar-refractivity contribution in [2.75, 3.05) is 13.1 Å². The first kappa shape index (κ1) is 17.8. The number of nitrogens with zero attached hydrogens (tertiary/aromatic N) is 1. The van der Waals surface area contributed by atoms with Crippen molar-refractivity contribution in [2.24, 2.45) is 11.7 Å². The molecule has 2 unspecified atom stereocenters. The molecular weight excluding hydrogens is 336 g/mol. The molecule has 1 aliphatic heterocycles. The molecule has 2 aromatic carbocycles. The Balaban J connectivity index is 1.66. The van der Waals surface area contributed by atoms with Gasteiger partial charge in [-0.2, -0.15) is 0 Å². The number of ether oxygens (including phenoxy) is 1. The van der Waals surface area contributed by atoms with Crippen molar-refractivity contribution in [1.82, 2.24) is 4.90 Å². The van der Waals surface area contributed by atoms with E-state index in [1.807, 2.05) is 24.0 Å². The standard InChI is InChI=1S/C20H23ClN2O2/c1-14(22)16-4-3-11-23(13-16)20(24)15-7-9-18(10-8-15)25-19-6-2-5-17(21)12-19/h2,5-10,12,14,16H,3-4,11,13,22H2,1H3. The lowest BCUT2D eigenvalue weighted by atomic mass is 9.92. The topological polar surface area (TPSA) is 55.6 Å². The molecule has 132 valence electrons. The van der Waals surface area contributed by atoms with Crippen LogP contribution in [0.15, 0.2) is 48.5 Å². The highest BCUT2D eigenvalue weighted by Crippen LogP contribution is 2.25. The smallest absolute Gasteiger partial charge is 0.253 e. The summed E-state index contributed by atoms with van der Waals surface area (Å²) in [5, 5.41) is 0.623. The third-order valence-electron chi connectivity index (χ3n) is 4.62. The van der Waals surface area contributed by atoms with Gasteiger partial charge in [-0.05, 0) is 68.1 Å². The van der Waals surface area contributed by atoms with Crippen LogP contribution in [0.25, 0.3) is 0 Å². The SMILES string of the molecule is CC(N)C1CCCN(C(=O)c2ccc(Oc3cccc(Cl)c3)cc2)C1. The molecule has 5 heteroatoms. The van der Waals surface area contributed by atoms with Gasteiger partial charge in [0, 0.05) is 29.7 Å². The molecular formula is C20H23ClN2O2. The van der Waals surface area contributed by atoms with Crippen molar-refractivity contribution < 1.29 is 9.53 Å². The number of hydrogen-bond donors (Lipinski definition) is 1. The van der Waals surface area contributed by atoms with Gasteiger partial charge in [0.05, 0.1) is 0 Å². The zero-order valence-corrected chi connectivity index (χ0v) is 15.1. The first-order chi connectivity index (χ1) is 12.0. The van der Waals surface area contributed by atoms with Gasteiger partial charge < -0.3 is 15.4 Å². The maximum atomic E-state index is 12.7. The van der Waals surface area contributed by atoms with Gasteiger partial charge in [0.15, 0.2) is 0 Å². The van der Waals surface area contributed by atoms with Gasteiger partial charge in [-0.15, -0.1) is 0 Å². The van der Waals surface area contributed by atoms with Crippen LogP contribution in [-0.4, -0.2) is 29.9 Å². The third kappa shape index (κ3) is 4.53. The van der Waals surface area contributed by atoms with Crippen molar-refractivity contribution in [2.45, 2.75) is 25.8 Å². The molecule has 1 saturated heterocycles. The predicted octanol–water partition coefficient (Wildman–Crippen LogP) is 4.33. The van der Waals surface area contributed by atoms with Crippen LogP contribution in [-0.2, 0) is 0 Å². The van der Waals surface area contributed by atoms with Crippen LogP contribution in [0.2, 0.25) is 5.02 Å². The van der Waals surface area contributed by atoms with Gasteiger partial charge in [0.1, 0.15) is 11.5 Å². The quantitative estimate of drug-likeness (QED) is 0.884. The van der Waals surface area contributed by atoms with Crippen LogP contribution in [0, 0.1) is 5.92 Å². The van der Waals surface area contributed by atoms with Gasteiger partial charge in [0.2, 0.25) is 0 Å². The van der Waals surface area contributed by atoms with E-state index in [0.717, 1.165) is 25.9 Å². The van der Waals surface area contributed by atoms with Crippen LogP contribution in [0.1, 0.15) is 30.1 Å². The fraction of sp³-hybridized carbons (Fsp3) is 0.350. The number of nitrogens with two attached hydrogens (primary N) is 1. The molecule has 1 aliphatic rings. The molecule has 1 amide bonds. The lowest BCUT2D eigenvalue weighted by molar-refractivity contribution is 0.0661. The Labute approximate surface area is 153 Å². The molecule has 2 aromatic rings. The van der Waals surface area contributed by atoms with E-state index in [1.165, 1.54) is 0 Å². The van der Waals surface area contributed by atoms with E-state index in [0.29, 0.717) is 28.0 Å². The maximum Gasteiger partial charge on any atom is 0.253 e. The number of likely N-dealkylation sites (tertiary alicyclic amines) is 1. The number of carbonyl (C=O) groups excluding carboxylic acids is 1. The molecule has 2 N–H and O–H groups in total.